The molecule has 91 valence electrons. The zero-order chi connectivity index (χ0) is 13.0. The third kappa shape index (κ3) is 4.40. The monoisotopic (exact) mass is 257 g/mol. The predicted octanol–water partition coefficient (Wildman–Crippen LogP) is 1.62. The molecule has 5 nitrogen and oxygen atoms in total. The average molecular weight is 258 g/mol. The lowest BCUT2D eigenvalue weighted by atomic mass is 10.0. The number of rotatable bonds is 3. The lowest BCUT2D eigenvalue weighted by Gasteiger charge is -2.18. The van der Waals surface area contributed by atoms with Crippen LogP contribution in [-0.2, 0) is 23.9 Å². The third-order valence-electron chi connectivity index (χ3n) is 1.76. The van der Waals surface area contributed by atoms with E-state index in [9.17, 15) is 14.4 Å². The summed E-state index contributed by atoms with van der Waals surface area (Å²) >= 11 is 5.31. The standard InChI is InChI=1S/C11H10ClO5/c1-6(13)16-9-3-8(11(12)15)4-10(5-9)17-7(2)14/h3-4H,5H2,1-2H3. The predicted molar refractivity (Wildman–Crippen MR) is 58.4 cm³/mol. The fourth-order valence-electron chi connectivity index (χ4n) is 1.28. The van der Waals surface area contributed by atoms with E-state index in [-0.39, 0.29) is 23.9 Å². The summed E-state index contributed by atoms with van der Waals surface area (Å²) in [6.45, 7) is 2.46. The van der Waals surface area contributed by atoms with Crippen LogP contribution in [0, 0.1) is 6.10 Å². The molecule has 0 aromatic rings. The number of allylic oxidation sites excluding steroid dienone is 2. The zero-order valence-corrected chi connectivity index (χ0v) is 10.0. The van der Waals surface area contributed by atoms with Crippen molar-refractivity contribution in [2.75, 3.05) is 0 Å². The Hall–Kier alpha value is -1.62. The number of ether oxygens (including phenoxy) is 2. The molecule has 0 spiro atoms. The summed E-state index contributed by atoms with van der Waals surface area (Å²) in [6.07, 6.45) is 3.00. The van der Waals surface area contributed by atoms with Crippen LogP contribution < -0.4 is 0 Å². The van der Waals surface area contributed by atoms with Crippen LogP contribution in [0.4, 0.5) is 0 Å². The highest BCUT2D eigenvalue weighted by Crippen LogP contribution is 2.27. The Kier molecular flexibility index (Phi) is 4.45. The lowest BCUT2D eigenvalue weighted by Crippen LogP contribution is -2.14. The van der Waals surface area contributed by atoms with E-state index in [4.69, 9.17) is 21.1 Å². The van der Waals surface area contributed by atoms with Gasteiger partial charge >= 0.3 is 11.9 Å². The van der Waals surface area contributed by atoms with E-state index in [1.54, 1.807) is 0 Å². The van der Waals surface area contributed by atoms with Crippen LogP contribution >= 0.6 is 11.6 Å². The van der Waals surface area contributed by atoms with Crippen LogP contribution in [0.25, 0.3) is 0 Å². The molecule has 0 saturated carbocycles. The van der Waals surface area contributed by atoms with E-state index < -0.39 is 17.2 Å². The van der Waals surface area contributed by atoms with Crippen molar-refractivity contribution in [1.29, 1.82) is 0 Å². The smallest absolute Gasteiger partial charge is 0.307 e. The number of halogens is 1. The highest BCUT2D eigenvalue weighted by atomic mass is 35.5. The largest absolute Gasteiger partial charge is 0.450 e. The summed E-state index contributed by atoms with van der Waals surface area (Å²) in [6, 6.07) is 0. The molecule has 1 aliphatic rings. The third-order valence-corrected chi connectivity index (χ3v) is 1.98. The van der Waals surface area contributed by atoms with Crippen LogP contribution in [0.15, 0.2) is 23.5 Å². The Morgan fingerprint density at radius 1 is 1.12 bits per heavy atom. The van der Waals surface area contributed by atoms with Gasteiger partial charge in [0, 0.05) is 19.4 Å². The molecule has 17 heavy (non-hydrogen) atoms. The Bertz CT molecular complexity index is 422. The second-order valence-corrected chi connectivity index (χ2v) is 3.66. The molecule has 1 radical (unpaired) electrons. The van der Waals surface area contributed by atoms with E-state index in [1.807, 2.05) is 0 Å². The van der Waals surface area contributed by atoms with Crippen molar-refractivity contribution in [2.24, 2.45) is 0 Å². The molecule has 0 heterocycles. The quantitative estimate of drug-likeness (QED) is 0.568. The van der Waals surface area contributed by atoms with Crippen LogP contribution in [0.5, 0.6) is 0 Å². The molecule has 1 rings (SSSR count). The number of carbonyl (C=O) groups is 3. The van der Waals surface area contributed by atoms with Crippen LogP contribution in [0.3, 0.4) is 0 Å². The molecule has 0 bridgehead atoms. The van der Waals surface area contributed by atoms with Gasteiger partial charge < -0.3 is 9.47 Å². The van der Waals surface area contributed by atoms with Crippen molar-refractivity contribution < 1.29 is 23.9 Å². The Balaban J connectivity index is 2.88. The van der Waals surface area contributed by atoms with Crippen molar-refractivity contribution in [2.45, 2.75) is 20.3 Å². The summed E-state index contributed by atoms with van der Waals surface area (Å²) in [4.78, 5) is 32.6. The number of hydrogen-bond donors (Lipinski definition) is 0. The van der Waals surface area contributed by atoms with Gasteiger partial charge in [-0.2, -0.15) is 0 Å². The summed E-state index contributed by atoms with van der Waals surface area (Å²) in [5.41, 5.74) is 0.102. The molecule has 0 aromatic carbocycles. The maximum absolute atomic E-state index is 11.0. The minimum atomic E-state index is -0.723. The Labute approximate surface area is 103 Å². The van der Waals surface area contributed by atoms with Crippen LogP contribution in [-0.4, -0.2) is 17.2 Å². The van der Waals surface area contributed by atoms with Crippen molar-refractivity contribution in [1.82, 2.24) is 0 Å². The van der Waals surface area contributed by atoms with Crippen LogP contribution in [0.1, 0.15) is 20.3 Å². The van der Waals surface area contributed by atoms with Crippen LogP contribution in [0.2, 0.25) is 0 Å². The highest BCUT2D eigenvalue weighted by Gasteiger charge is 2.23. The Morgan fingerprint density at radius 3 is 2.18 bits per heavy atom. The van der Waals surface area contributed by atoms with E-state index in [0.717, 1.165) is 0 Å². The van der Waals surface area contributed by atoms with Gasteiger partial charge in [0.25, 0.3) is 5.24 Å². The number of esters is 2. The first kappa shape index (κ1) is 13.4. The van der Waals surface area contributed by atoms with Gasteiger partial charge in [-0.15, -0.1) is 0 Å². The molecule has 0 amide bonds. The van der Waals surface area contributed by atoms with Gasteiger partial charge in [0.2, 0.25) is 0 Å². The molecule has 0 saturated heterocycles. The van der Waals surface area contributed by atoms with E-state index in [0.29, 0.717) is 0 Å². The minimum Gasteiger partial charge on any atom is -0.450 e. The molecule has 0 N–H and O–H groups in total. The molecule has 0 aliphatic heterocycles. The summed E-state index contributed by atoms with van der Waals surface area (Å²) in [5.74, 6) is -0.844. The molecular weight excluding hydrogens is 248 g/mol. The number of carbonyl (C=O) groups excluding carboxylic acids is 3. The first-order valence-electron chi connectivity index (χ1n) is 4.73. The molecule has 0 unspecified atom stereocenters. The van der Waals surface area contributed by atoms with Gasteiger partial charge in [-0.1, -0.05) is 0 Å². The zero-order valence-electron chi connectivity index (χ0n) is 9.28. The minimum absolute atomic E-state index is 0.102. The summed E-state index contributed by atoms with van der Waals surface area (Å²) in [7, 11) is 0. The molecule has 0 aromatic heterocycles. The van der Waals surface area contributed by atoms with Crippen molar-refractivity contribution in [3.8, 4) is 0 Å². The van der Waals surface area contributed by atoms with Crippen molar-refractivity contribution in [3.63, 3.8) is 0 Å². The van der Waals surface area contributed by atoms with Gasteiger partial charge in [-0.25, -0.2) is 0 Å². The van der Waals surface area contributed by atoms with Gasteiger partial charge in [0.05, 0.1) is 6.42 Å². The molecule has 6 heteroatoms. The maximum Gasteiger partial charge on any atom is 0.307 e. The average Bonchev–Trinajstić information content (AvgIpc) is 2.14. The second-order valence-electron chi connectivity index (χ2n) is 3.31. The van der Waals surface area contributed by atoms with Gasteiger partial charge in [0.15, 0.2) is 6.10 Å². The topological polar surface area (TPSA) is 69.7 Å². The van der Waals surface area contributed by atoms with Gasteiger partial charge in [0.1, 0.15) is 5.76 Å². The fraction of sp³-hybridized carbons (Fsp3) is 0.273. The first-order chi connectivity index (χ1) is 7.88. The molecule has 0 atom stereocenters. The Morgan fingerprint density at radius 2 is 1.71 bits per heavy atom. The molecular formula is C11H10ClO5. The normalized spacial score (nSPS) is 15.7. The maximum atomic E-state index is 11.0. The first-order valence-corrected chi connectivity index (χ1v) is 5.11. The molecule has 0 fully saturated rings. The summed E-state index contributed by atoms with van der Waals surface area (Å²) < 4.78 is 9.68. The SMILES string of the molecule is CC(=O)O[C]1C=C(C(=O)Cl)C=C(OC(C)=O)C1. The van der Waals surface area contributed by atoms with Gasteiger partial charge in [-0.05, 0) is 23.8 Å². The lowest BCUT2D eigenvalue weighted by molar-refractivity contribution is -0.139. The van der Waals surface area contributed by atoms with Crippen molar-refractivity contribution >= 4 is 28.8 Å². The fourth-order valence-corrected chi connectivity index (χ4v) is 1.39. The second kappa shape index (κ2) is 5.63. The van der Waals surface area contributed by atoms with Gasteiger partial charge in [-0.3, -0.25) is 14.4 Å². The van der Waals surface area contributed by atoms with E-state index in [2.05, 4.69) is 0 Å². The number of hydrogen-bond acceptors (Lipinski definition) is 5. The summed E-state index contributed by atoms with van der Waals surface area (Å²) in [5, 5.41) is -0.723. The molecule has 1 aliphatic carbocycles. The highest BCUT2D eigenvalue weighted by molar-refractivity contribution is 6.68. The van der Waals surface area contributed by atoms with E-state index in [1.165, 1.54) is 26.0 Å². The van der Waals surface area contributed by atoms with E-state index >= 15 is 0 Å². The van der Waals surface area contributed by atoms with Crippen molar-refractivity contribution in [3.05, 3.63) is 29.6 Å².